The highest BCUT2D eigenvalue weighted by atomic mass is 79.9. The second-order valence-corrected chi connectivity index (χ2v) is 6.12. The molecule has 102 valence electrons. The van der Waals surface area contributed by atoms with Crippen LogP contribution in [0.3, 0.4) is 0 Å². The van der Waals surface area contributed by atoms with Gasteiger partial charge in [-0.2, -0.15) is 0 Å². The molecule has 0 fully saturated rings. The lowest BCUT2D eigenvalue weighted by molar-refractivity contribution is 0.315. The zero-order chi connectivity index (χ0) is 13.8. The molecule has 0 aliphatic heterocycles. The summed E-state index contributed by atoms with van der Waals surface area (Å²) in [5, 5.41) is -0.317. The number of benzene rings is 1. The molecule has 0 spiro atoms. The number of halogens is 3. The first kappa shape index (κ1) is 14.9. The molecule has 1 aromatic heterocycles. The number of hydrogen-bond donors (Lipinski definition) is 0. The van der Waals surface area contributed by atoms with E-state index in [0.717, 1.165) is 22.2 Å². The zero-order valence-corrected chi connectivity index (χ0v) is 14.3. The Balaban J connectivity index is 2.19. The Labute approximate surface area is 134 Å². The van der Waals surface area contributed by atoms with E-state index < -0.39 is 0 Å². The SMILES string of the molecule is CCCOc1ccc(C(Cl)c2ccc(Br)o2)cc1Br. The number of furan rings is 1. The third-order valence-corrected chi connectivity index (χ3v) is 4.07. The van der Waals surface area contributed by atoms with Crippen molar-refractivity contribution in [3.8, 4) is 5.75 Å². The van der Waals surface area contributed by atoms with E-state index >= 15 is 0 Å². The highest BCUT2D eigenvalue weighted by Gasteiger charge is 2.16. The Bertz CT molecular complexity index is 554. The summed E-state index contributed by atoms with van der Waals surface area (Å²) in [5.41, 5.74) is 0.958. The van der Waals surface area contributed by atoms with Crippen molar-refractivity contribution in [1.82, 2.24) is 0 Å². The zero-order valence-electron chi connectivity index (χ0n) is 10.3. The van der Waals surface area contributed by atoms with Crippen molar-refractivity contribution in [2.24, 2.45) is 0 Å². The third kappa shape index (κ3) is 3.77. The maximum atomic E-state index is 6.40. The summed E-state index contributed by atoms with van der Waals surface area (Å²) in [5.74, 6) is 1.54. The lowest BCUT2D eigenvalue weighted by Gasteiger charge is -2.11. The first-order chi connectivity index (χ1) is 9.11. The van der Waals surface area contributed by atoms with E-state index in [0.29, 0.717) is 17.0 Å². The molecule has 0 saturated heterocycles. The van der Waals surface area contributed by atoms with Crippen molar-refractivity contribution in [2.75, 3.05) is 6.61 Å². The van der Waals surface area contributed by atoms with Gasteiger partial charge in [-0.05, 0) is 68.1 Å². The molecule has 1 heterocycles. The molecule has 1 unspecified atom stereocenters. The van der Waals surface area contributed by atoms with E-state index in [-0.39, 0.29) is 5.38 Å². The van der Waals surface area contributed by atoms with E-state index in [1.165, 1.54) is 0 Å². The predicted molar refractivity (Wildman–Crippen MR) is 84.0 cm³/mol. The van der Waals surface area contributed by atoms with Crippen LogP contribution in [0.2, 0.25) is 0 Å². The second kappa shape index (κ2) is 6.82. The lowest BCUT2D eigenvalue weighted by Crippen LogP contribution is -1.97. The van der Waals surface area contributed by atoms with Crippen molar-refractivity contribution in [3.63, 3.8) is 0 Å². The molecule has 19 heavy (non-hydrogen) atoms. The van der Waals surface area contributed by atoms with Crippen LogP contribution < -0.4 is 4.74 Å². The highest BCUT2D eigenvalue weighted by molar-refractivity contribution is 9.10. The molecule has 2 aromatic rings. The van der Waals surface area contributed by atoms with E-state index in [1.54, 1.807) is 0 Å². The Morgan fingerprint density at radius 1 is 1.26 bits per heavy atom. The Morgan fingerprint density at radius 3 is 2.63 bits per heavy atom. The summed E-state index contributed by atoms with van der Waals surface area (Å²) in [6.07, 6.45) is 0.979. The predicted octanol–water partition coefficient (Wildman–Crippen LogP) is 5.92. The highest BCUT2D eigenvalue weighted by Crippen LogP contribution is 2.35. The largest absolute Gasteiger partial charge is 0.492 e. The summed E-state index contributed by atoms with van der Waals surface area (Å²) >= 11 is 13.2. The minimum Gasteiger partial charge on any atom is -0.492 e. The molecule has 1 atom stereocenters. The van der Waals surface area contributed by atoms with Crippen molar-refractivity contribution in [1.29, 1.82) is 0 Å². The number of hydrogen-bond acceptors (Lipinski definition) is 2. The van der Waals surface area contributed by atoms with Crippen molar-refractivity contribution >= 4 is 43.5 Å². The van der Waals surface area contributed by atoms with Crippen LogP contribution in [0.15, 0.2) is 43.9 Å². The number of ether oxygens (including phenoxy) is 1. The minimum atomic E-state index is -0.317. The standard InChI is InChI=1S/C14H13Br2ClO2/c1-2-7-18-11-4-3-9(8-10(11)15)14(17)12-5-6-13(16)19-12/h3-6,8,14H,2,7H2,1H3. The molecule has 5 heteroatoms. The van der Waals surface area contributed by atoms with Gasteiger partial charge in [0.15, 0.2) is 4.67 Å². The molecule has 0 amide bonds. The monoisotopic (exact) mass is 406 g/mol. The maximum absolute atomic E-state index is 6.40. The molecule has 0 aliphatic rings. The van der Waals surface area contributed by atoms with Crippen molar-refractivity contribution in [2.45, 2.75) is 18.7 Å². The van der Waals surface area contributed by atoms with Crippen molar-refractivity contribution in [3.05, 3.63) is 50.8 Å². The molecule has 2 rings (SSSR count). The summed E-state index contributed by atoms with van der Waals surface area (Å²) in [6.45, 7) is 2.78. The molecular formula is C14H13Br2ClO2. The van der Waals surface area contributed by atoms with Gasteiger partial charge in [0.1, 0.15) is 16.9 Å². The van der Waals surface area contributed by atoms with Gasteiger partial charge in [0.25, 0.3) is 0 Å². The van der Waals surface area contributed by atoms with Crippen LogP contribution in [-0.4, -0.2) is 6.61 Å². The Kier molecular flexibility index (Phi) is 5.37. The fourth-order valence-electron chi connectivity index (χ4n) is 1.63. The lowest BCUT2D eigenvalue weighted by atomic mass is 10.1. The quantitative estimate of drug-likeness (QED) is 0.573. The van der Waals surface area contributed by atoms with E-state index in [1.807, 2.05) is 30.3 Å². The Hall–Kier alpha value is -0.450. The summed E-state index contributed by atoms with van der Waals surface area (Å²) in [4.78, 5) is 0. The molecule has 0 bridgehead atoms. The van der Waals surface area contributed by atoms with Gasteiger partial charge in [-0.3, -0.25) is 0 Å². The van der Waals surface area contributed by atoms with Crippen LogP contribution >= 0.6 is 43.5 Å². The van der Waals surface area contributed by atoms with E-state index in [2.05, 4.69) is 38.8 Å². The first-order valence-electron chi connectivity index (χ1n) is 5.93. The van der Waals surface area contributed by atoms with Gasteiger partial charge in [0.05, 0.1) is 11.1 Å². The summed E-state index contributed by atoms with van der Waals surface area (Å²) in [7, 11) is 0. The molecule has 0 N–H and O–H groups in total. The van der Waals surface area contributed by atoms with Crippen molar-refractivity contribution < 1.29 is 9.15 Å². The minimum absolute atomic E-state index is 0.317. The fourth-order valence-corrected chi connectivity index (χ4v) is 2.72. The van der Waals surface area contributed by atoms with E-state index in [9.17, 15) is 0 Å². The van der Waals surface area contributed by atoms with Gasteiger partial charge >= 0.3 is 0 Å². The topological polar surface area (TPSA) is 22.4 Å². The van der Waals surface area contributed by atoms with Gasteiger partial charge in [-0.15, -0.1) is 11.6 Å². The van der Waals surface area contributed by atoms with Crippen LogP contribution in [-0.2, 0) is 0 Å². The fraction of sp³-hybridized carbons (Fsp3) is 0.286. The average molecular weight is 409 g/mol. The Morgan fingerprint density at radius 2 is 2.05 bits per heavy atom. The van der Waals surface area contributed by atoms with Gasteiger partial charge in [0.2, 0.25) is 0 Å². The van der Waals surface area contributed by atoms with Gasteiger partial charge in [-0.1, -0.05) is 13.0 Å². The normalized spacial score (nSPS) is 12.4. The molecule has 0 aliphatic carbocycles. The van der Waals surface area contributed by atoms with Crippen LogP contribution in [0.25, 0.3) is 0 Å². The molecule has 2 nitrogen and oxygen atoms in total. The van der Waals surface area contributed by atoms with Gasteiger partial charge in [0, 0.05) is 0 Å². The smallest absolute Gasteiger partial charge is 0.169 e. The third-order valence-electron chi connectivity index (χ3n) is 2.55. The van der Waals surface area contributed by atoms with Crippen LogP contribution in [0.1, 0.15) is 30.0 Å². The summed E-state index contributed by atoms with van der Waals surface area (Å²) in [6, 6.07) is 9.51. The molecule has 0 radical (unpaired) electrons. The van der Waals surface area contributed by atoms with Crippen LogP contribution in [0.4, 0.5) is 0 Å². The van der Waals surface area contributed by atoms with Gasteiger partial charge < -0.3 is 9.15 Å². The summed E-state index contributed by atoms with van der Waals surface area (Å²) < 4.78 is 12.7. The molecule has 1 aromatic carbocycles. The first-order valence-corrected chi connectivity index (χ1v) is 7.95. The molecular weight excluding hydrogens is 395 g/mol. The number of rotatable bonds is 5. The van der Waals surface area contributed by atoms with Gasteiger partial charge in [-0.25, -0.2) is 0 Å². The van der Waals surface area contributed by atoms with Crippen LogP contribution in [0, 0.1) is 0 Å². The van der Waals surface area contributed by atoms with Crippen LogP contribution in [0.5, 0.6) is 5.75 Å². The average Bonchev–Trinajstić information content (AvgIpc) is 2.83. The van der Waals surface area contributed by atoms with E-state index in [4.69, 9.17) is 20.8 Å². The molecule has 0 saturated carbocycles. The maximum Gasteiger partial charge on any atom is 0.169 e. The second-order valence-electron chi connectivity index (χ2n) is 4.04. The number of alkyl halides is 1.